The summed E-state index contributed by atoms with van der Waals surface area (Å²) in [5.41, 5.74) is 5.61. The molecule has 0 spiro atoms. The second-order valence-corrected chi connectivity index (χ2v) is 4.66. The molecule has 0 amide bonds. The highest BCUT2D eigenvalue weighted by atomic mass is 32.2. The zero-order valence-corrected chi connectivity index (χ0v) is 8.55. The van der Waals surface area contributed by atoms with Crippen molar-refractivity contribution in [1.29, 1.82) is 0 Å². The maximum absolute atomic E-state index is 9.04. The molecule has 3 nitrogen and oxygen atoms in total. The summed E-state index contributed by atoms with van der Waals surface area (Å²) in [6.07, 6.45) is 0.355. The molecule has 0 aromatic carbocycles. The van der Waals surface area contributed by atoms with Gasteiger partial charge in [-0.05, 0) is 13.3 Å². The van der Waals surface area contributed by atoms with Crippen LogP contribution in [0.3, 0.4) is 0 Å². The van der Waals surface area contributed by atoms with Crippen LogP contribution in [0.5, 0.6) is 0 Å². The molecule has 0 aromatic heterocycles. The maximum Gasteiger partial charge on any atom is 0.0861 e. The second kappa shape index (κ2) is 6.71. The molecular formula is C8H19NO2S. The Morgan fingerprint density at radius 2 is 2.00 bits per heavy atom. The summed E-state index contributed by atoms with van der Waals surface area (Å²) in [6, 6.07) is 0.207. The third kappa shape index (κ3) is 6.91. The lowest BCUT2D eigenvalue weighted by atomic mass is 10.2. The smallest absolute Gasteiger partial charge is 0.0861 e. The van der Waals surface area contributed by atoms with Crippen LogP contribution in [0.4, 0.5) is 0 Å². The first-order valence-electron chi connectivity index (χ1n) is 4.22. The van der Waals surface area contributed by atoms with Crippen molar-refractivity contribution in [3.63, 3.8) is 0 Å². The largest absolute Gasteiger partial charge is 0.394 e. The molecule has 0 saturated carbocycles. The van der Waals surface area contributed by atoms with Crippen molar-refractivity contribution in [2.75, 3.05) is 12.4 Å². The minimum Gasteiger partial charge on any atom is -0.394 e. The van der Waals surface area contributed by atoms with Crippen LogP contribution in [0.15, 0.2) is 0 Å². The van der Waals surface area contributed by atoms with Gasteiger partial charge in [-0.15, -0.1) is 0 Å². The Hall–Kier alpha value is 0.230. The molecule has 12 heavy (non-hydrogen) atoms. The highest BCUT2D eigenvalue weighted by Crippen LogP contribution is 2.15. The van der Waals surface area contributed by atoms with E-state index in [1.54, 1.807) is 11.8 Å². The molecular weight excluding hydrogens is 174 g/mol. The molecule has 0 aliphatic rings. The van der Waals surface area contributed by atoms with Crippen molar-refractivity contribution in [3.8, 4) is 0 Å². The third-order valence-electron chi connectivity index (χ3n) is 1.49. The number of aliphatic hydroxyl groups excluding tert-OH is 2. The van der Waals surface area contributed by atoms with Crippen LogP contribution in [0.2, 0.25) is 0 Å². The van der Waals surface area contributed by atoms with E-state index in [0.29, 0.717) is 11.0 Å². The Morgan fingerprint density at radius 3 is 2.42 bits per heavy atom. The SMILES string of the molecule is CC(N)CC(C)SCC(O)CO. The zero-order valence-electron chi connectivity index (χ0n) is 7.73. The van der Waals surface area contributed by atoms with E-state index in [1.165, 1.54) is 0 Å². The van der Waals surface area contributed by atoms with Crippen molar-refractivity contribution >= 4 is 11.8 Å². The number of hydrogen-bond acceptors (Lipinski definition) is 4. The Labute approximate surface area is 78.3 Å². The standard InChI is InChI=1S/C8H19NO2S/c1-6(9)3-7(2)12-5-8(11)4-10/h6-8,10-11H,3-5,9H2,1-2H3. The van der Waals surface area contributed by atoms with Crippen LogP contribution in [-0.4, -0.2) is 40.0 Å². The summed E-state index contributed by atoms with van der Waals surface area (Å²) in [7, 11) is 0. The van der Waals surface area contributed by atoms with Crippen molar-refractivity contribution in [2.24, 2.45) is 5.73 Å². The number of nitrogens with two attached hydrogens (primary N) is 1. The van der Waals surface area contributed by atoms with E-state index < -0.39 is 6.10 Å². The average molecular weight is 193 g/mol. The first-order chi connectivity index (χ1) is 5.56. The molecule has 74 valence electrons. The van der Waals surface area contributed by atoms with Crippen molar-refractivity contribution in [2.45, 2.75) is 37.7 Å². The fourth-order valence-corrected chi connectivity index (χ4v) is 2.02. The van der Waals surface area contributed by atoms with Gasteiger partial charge in [-0.3, -0.25) is 0 Å². The molecule has 0 heterocycles. The molecule has 4 heteroatoms. The van der Waals surface area contributed by atoms with Crippen LogP contribution < -0.4 is 5.73 Å². The summed E-state index contributed by atoms with van der Waals surface area (Å²) in [5.74, 6) is 0.588. The van der Waals surface area contributed by atoms with Crippen LogP contribution in [0.25, 0.3) is 0 Å². The van der Waals surface area contributed by atoms with E-state index in [-0.39, 0.29) is 12.6 Å². The van der Waals surface area contributed by atoms with Crippen molar-refractivity contribution in [1.82, 2.24) is 0 Å². The lowest BCUT2D eigenvalue weighted by Gasteiger charge is -2.14. The molecule has 0 saturated heterocycles. The molecule has 3 unspecified atom stereocenters. The summed E-state index contributed by atoms with van der Waals surface area (Å²) in [5, 5.41) is 18.0. The van der Waals surface area contributed by atoms with Gasteiger partial charge in [0.15, 0.2) is 0 Å². The van der Waals surface area contributed by atoms with Gasteiger partial charge < -0.3 is 15.9 Å². The van der Waals surface area contributed by atoms with Crippen LogP contribution in [0, 0.1) is 0 Å². The third-order valence-corrected chi connectivity index (χ3v) is 2.83. The van der Waals surface area contributed by atoms with Gasteiger partial charge in [0, 0.05) is 17.0 Å². The summed E-state index contributed by atoms with van der Waals surface area (Å²) in [6.45, 7) is 3.90. The Kier molecular flexibility index (Phi) is 6.84. The number of rotatable bonds is 6. The highest BCUT2D eigenvalue weighted by Gasteiger charge is 2.08. The van der Waals surface area contributed by atoms with Gasteiger partial charge >= 0.3 is 0 Å². The first kappa shape index (κ1) is 12.2. The fourth-order valence-electron chi connectivity index (χ4n) is 0.920. The quantitative estimate of drug-likeness (QED) is 0.564. The predicted molar refractivity (Wildman–Crippen MR) is 53.3 cm³/mol. The molecule has 4 N–H and O–H groups in total. The molecule has 3 atom stereocenters. The van der Waals surface area contributed by atoms with E-state index in [0.717, 1.165) is 6.42 Å². The van der Waals surface area contributed by atoms with Crippen molar-refractivity contribution in [3.05, 3.63) is 0 Å². The summed E-state index contributed by atoms with van der Waals surface area (Å²) < 4.78 is 0. The van der Waals surface area contributed by atoms with E-state index in [4.69, 9.17) is 15.9 Å². The van der Waals surface area contributed by atoms with E-state index in [2.05, 4.69) is 6.92 Å². The summed E-state index contributed by atoms with van der Waals surface area (Å²) >= 11 is 1.65. The average Bonchev–Trinajstić information content (AvgIpc) is 1.99. The van der Waals surface area contributed by atoms with Crippen LogP contribution in [0.1, 0.15) is 20.3 Å². The van der Waals surface area contributed by atoms with Gasteiger partial charge in [-0.25, -0.2) is 0 Å². The molecule has 0 bridgehead atoms. The Morgan fingerprint density at radius 1 is 1.42 bits per heavy atom. The summed E-state index contributed by atoms with van der Waals surface area (Å²) in [4.78, 5) is 0. The number of thioether (sulfide) groups is 1. The van der Waals surface area contributed by atoms with Gasteiger partial charge in [-0.2, -0.15) is 11.8 Å². The predicted octanol–water partition coefficient (Wildman–Crippen LogP) is 0.199. The topological polar surface area (TPSA) is 66.5 Å². The molecule has 0 aliphatic heterocycles. The molecule has 0 aromatic rings. The van der Waals surface area contributed by atoms with E-state index in [1.807, 2.05) is 6.92 Å². The van der Waals surface area contributed by atoms with Gasteiger partial charge in [0.1, 0.15) is 0 Å². The van der Waals surface area contributed by atoms with Gasteiger partial charge in [0.05, 0.1) is 12.7 Å². The van der Waals surface area contributed by atoms with Gasteiger partial charge in [0.2, 0.25) is 0 Å². The fraction of sp³-hybridized carbons (Fsp3) is 1.00. The number of aliphatic hydroxyl groups is 2. The van der Waals surface area contributed by atoms with Crippen LogP contribution >= 0.6 is 11.8 Å². The molecule has 0 rings (SSSR count). The molecule has 0 fully saturated rings. The van der Waals surface area contributed by atoms with Gasteiger partial charge in [-0.1, -0.05) is 6.92 Å². The normalized spacial score (nSPS) is 18.8. The van der Waals surface area contributed by atoms with E-state index >= 15 is 0 Å². The zero-order chi connectivity index (χ0) is 9.56. The molecule has 0 radical (unpaired) electrons. The minimum atomic E-state index is -0.592. The Bertz CT molecular complexity index is 111. The van der Waals surface area contributed by atoms with Crippen LogP contribution in [-0.2, 0) is 0 Å². The first-order valence-corrected chi connectivity index (χ1v) is 5.27. The monoisotopic (exact) mass is 193 g/mol. The van der Waals surface area contributed by atoms with Gasteiger partial charge in [0.25, 0.3) is 0 Å². The molecule has 0 aliphatic carbocycles. The lowest BCUT2D eigenvalue weighted by Crippen LogP contribution is -2.22. The Balaban J connectivity index is 3.36. The number of hydrogen-bond donors (Lipinski definition) is 3. The minimum absolute atomic E-state index is 0.155. The maximum atomic E-state index is 9.04. The van der Waals surface area contributed by atoms with Crippen molar-refractivity contribution < 1.29 is 10.2 Å². The second-order valence-electron chi connectivity index (χ2n) is 3.19. The lowest BCUT2D eigenvalue weighted by molar-refractivity contribution is 0.113. The van der Waals surface area contributed by atoms with E-state index in [9.17, 15) is 0 Å². The highest BCUT2D eigenvalue weighted by molar-refractivity contribution is 7.99.